The van der Waals surface area contributed by atoms with E-state index in [4.69, 9.17) is 10.5 Å². The number of nitrogens with two attached hydrogens (primary N) is 1. The first-order valence-corrected chi connectivity index (χ1v) is 7.89. The van der Waals surface area contributed by atoms with Crippen LogP contribution in [0.2, 0.25) is 0 Å². The summed E-state index contributed by atoms with van der Waals surface area (Å²) >= 11 is 3.21. The Kier molecular flexibility index (Phi) is 3.78. The molecule has 2 rings (SSSR count). The fourth-order valence-corrected chi connectivity index (χ4v) is 3.66. The molecule has 0 heterocycles. The van der Waals surface area contributed by atoms with Crippen LogP contribution in [0.5, 0.6) is 5.75 Å². The van der Waals surface area contributed by atoms with Crippen molar-refractivity contribution >= 4 is 31.6 Å². The number of hydrogen-bond acceptors (Lipinski definition) is 5. The minimum atomic E-state index is -3.79. The Morgan fingerprint density at radius 1 is 1.53 bits per heavy atom. The number of ether oxygens (including phenoxy) is 1. The Bertz CT molecular complexity index is 599. The van der Waals surface area contributed by atoms with E-state index in [1.807, 2.05) is 0 Å². The molecule has 1 aromatic rings. The highest BCUT2D eigenvalue weighted by molar-refractivity contribution is 9.10. The van der Waals surface area contributed by atoms with E-state index in [-0.39, 0.29) is 17.3 Å². The summed E-state index contributed by atoms with van der Waals surface area (Å²) in [6.07, 6.45) is 1.24. The molecule has 0 radical (unpaired) electrons. The smallest absolute Gasteiger partial charge is 0.244 e. The number of aliphatic hydroxyl groups excluding tert-OH is 1. The Morgan fingerprint density at radius 3 is 2.63 bits per heavy atom. The topological polar surface area (TPSA) is 102 Å². The van der Waals surface area contributed by atoms with Crippen molar-refractivity contribution in [2.75, 3.05) is 19.5 Å². The van der Waals surface area contributed by atoms with E-state index >= 15 is 0 Å². The van der Waals surface area contributed by atoms with E-state index in [0.29, 0.717) is 23.0 Å². The van der Waals surface area contributed by atoms with Crippen molar-refractivity contribution in [1.29, 1.82) is 0 Å². The van der Waals surface area contributed by atoms with Gasteiger partial charge < -0.3 is 15.6 Å². The maximum absolute atomic E-state index is 12.3. The molecule has 8 heteroatoms. The van der Waals surface area contributed by atoms with E-state index in [0.717, 1.165) is 0 Å². The van der Waals surface area contributed by atoms with E-state index < -0.39 is 15.6 Å². The van der Waals surface area contributed by atoms with Crippen LogP contribution in [0, 0.1) is 0 Å². The third-order valence-electron chi connectivity index (χ3n) is 3.08. The van der Waals surface area contributed by atoms with Crippen molar-refractivity contribution in [3.05, 3.63) is 16.6 Å². The lowest BCUT2D eigenvalue weighted by atomic mass is 10.3. The standard InChI is InChI=1S/C11H15BrN2O4S/c1-18-9-4-7(12)8(13)5-10(9)19(16,17)14-11(6-15)2-3-11/h4-5,14-15H,2-3,6,13H2,1H3. The number of nitrogen functional groups attached to an aromatic ring is 1. The molecule has 0 amide bonds. The molecule has 0 spiro atoms. The average molecular weight is 351 g/mol. The Balaban J connectivity index is 2.42. The monoisotopic (exact) mass is 350 g/mol. The second-order valence-corrected chi connectivity index (χ2v) is 7.07. The summed E-state index contributed by atoms with van der Waals surface area (Å²) in [7, 11) is -2.40. The van der Waals surface area contributed by atoms with Crippen LogP contribution in [0.4, 0.5) is 5.69 Å². The molecule has 0 aromatic heterocycles. The largest absolute Gasteiger partial charge is 0.495 e. The lowest BCUT2D eigenvalue weighted by molar-refractivity contribution is 0.246. The van der Waals surface area contributed by atoms with Gasteiger partial charge in [0.2, 0.25) is 10.0 Å². The van der Waals surface area contributed by atoms with Gasteiger partial charge in [-0.15, -0.1) is 0 Å². The summed E-state index contributed by atoms with van der Waals surface area (Å²) < 4.78 is 32.8. The number of rotatable bonds is 5. The van der Waals surface area contributed by atoms with E-state index in [9.17, 15) is 13.5 Å². The van der Waals surface area contributed by atoms with Gasteiger partial charge in [0.1, 0.15) is 10.6 Å². The van der Waals surface area contributed by atoms with Gasteiger partial charge in [0.25, 0.3) is 0 Å². The predicted octanol–water partition coefficient (Wildman–Crippen LogP) is 0.843. The van der Waals surface area contributed by atoms with E-state index in [1.165, 1.54) is 19.2 Å². The molecule has 106 valence electrons. The molecule has 0 saturated heterocycles. The van der Waals surface area contributed by atoms with E-state index in [2.05, 4.69) is 20.7 Å². The van der Waals surface area contributed by atoms with Crippen LogP contribution < -0.4 is 15.2 Å². The fourth-order valence-electron chi connectivity index (χ4n) is 1.70. The third kappa shape index (κ3) is 2.86. The Hall–Kier alpha value is -0.830. The van der Waals surface area contributed by atoms with Crippen molar-refractivity contribution in [3.63, 3.8) is 0 Å². The van der Waals surface area contributed by atoms with Crippen molar-refractivity contribution in [2.45, 2.75) is 23.3 Å². The zero-order chi connectivity index (χ0) is 14.3. The van der Waals surface area contributed by atoms with Crippen molar-refractivity contribution in [2.24, 2.45) is 0 Å². The van der Waals surface area contributed by atoms with Gasteiger partial charge in [0.15, 0.2) is 0 Å². The molecule has 1 aromatic carbocycles. The minimum Gasteiger partial charge on any atom is -0.495 e. The van der Waals surface area contributed by atoms with Gasteiger partial charge in [0.05, 0.1) is 19.3 Å². The second-order valence-electron chi connectivity index (χ2n) is 4.57. The number of hydrogen-bond donors (Lipinski definition) is 3. The zero-order valence-electron chi connectivity index (χ0n) is 10.3. The summed E-state index contributed by atoms with van der Waals surface area (Å²) in [4.78, 5) is -0.0320. The molecular formula is C11H15BrN2O4S. The first-order chi connectivity index (χ1) is 8.83. The lowest BCUT2D eigenvalue weighted by Gasteiger charge is -2.17. The minimum absolute atomic E-state index is 0.0320. The van der Waals surface area contributed by atoms with Crippen molar-refractivity contribution in [3.8, 4) is 5.75 Å². The van der Waals surface area contributed by atoms with Crippen LogP contribution in [0.3, 0.4) is 0 Å². The molecule has 0 atom stereocenters. The molecular weight excluding hydrogens is 336 g/mol. The van der Waals surface area contributed by atoms with Crippen LogP contribution in [-0.2, 0) is 10.0 Å². The van der Waals surface area contributed by atoms with Gasteiger partial charge in [-0.2, -0.15) is 0 Å². The van der Waals surface area contributed by atoms with Crippen LogP contribution in [0.25, 0.3) is 0 Å². The quantitative estimate of drug-likeness (QED) is 0.683. The number of methoxy groups -OCH3 is 1. The van der Waals surface area contributed by atoms with Gasteiger partial charge in [-0.25, -0.2) is 13.1 Å². The lowest BCUT2D eigenvalue weighted by Crippen LogP contribution is -2.39. The molecule has 0 bridgehead atoms. The SMILES string of the molecule is COc1cc(Br)c(N)cc1S(=O)(=O)NC1(CO)CC1. The van der Waals surface area contributed by atoms with E-state index in [1.54, 1.807) is 0 Å². The third-order valence-corrected chi connectivity index (χ3v) is 5.37. The molecule has 0 unspecified atom stereocenters. The van der Waals surface area contributed by atoms with Gasteiger partial charge in [-0.05, 0) is 40.9 Å². The number of sulfonamides is 1. The van der Waals surface area contributed by atoms with Crippen LogP contribution in [0.1, 0.15) is 12.8 Å². The maximum Gasteiger partial charge on any atom is 0.244 e. The molecule has 0 aliphatic heterocycles. The predicted molar refractivity (Wildman–Crippen MR) is 74.5 cm³/mol. The summed E-state index contributed by atoms with van der Waals surface area (Å²) in [6.45, 7) is -0.222. The number of halogens is 1. The Labute approximate surface area is 120 Å². The molecule has 19 heavy (non-hydrogen) atoms. The molecule has 4 N–H and O–H groups in total. The molecule has 1 aliphatic carbocycles. The van der Waals surface area contributed by atoms with Gasteiger partial charge in [0, 0.05) is 10.2 Å². The summed E-state index contributed by atoms with van der Waals surface area (Å²) in [6, 6.07) is 2.83. The first kappa shape index (κ1) is 14.6. The highest BCUT2D eigenvalue weighted by Gasteiger charge is 2.46. The second kappa shape index (κ2) is 4.93. The number of anilines is 1. The van der Waals surface area contributed by atoms with Crippen LogP contribution >= 0.6 is 15.9 Å². The normalized spacial score (nSPS) is 17.2. The Morgan fingerprint density at radius 2 is 2.16 bits per heavy atom. The molecule has 6 nitrogen and oxygen atoms in total. The summed E-state index contributed by atoms with van der Waals surface area (Å²) in [5.41, 5.74) is 5.28. The molecule has 1 saturated carbocycles. The van der Waals surface area contributed by atoms with Gasteiger partial charge in [-0.1, -0.05) is 0 Å². The maximum atomic E-state index is 12.3. The highest BCUT2D eigenvalue weighted by atomic mass is 79.9. The van der Waals surface area contributed by atoms with Crippen molar-refractivity contribution < 1.29 is 18.3 Å². The molecule has 1 fully saturated rings. The fraction of sp³-hybridized carbons (Fsp3) is 0.455. The number of nitrogens with one attached hydrogen (secondary N) is 1. The van der Waals surface area contributed by atoms with Crippen molar-refractivity contribution in [1.82, 2.24) is 4.72 Å². The van der Waals surface area contributed by atoms with Crippen LogP contribution in [-0.4, -0.2) is 32.8 Å². The van der Waals surface area contributed by atoms with Crippen LogP contribution in [0.15, 0.2) is 21.5 Å². The highest BCUT2D eigenvalue weighted by Crippen LogP contribution is 2.38. The zero-order valence-corrected chi connectivity index (χ0v) is 12.7. The van der Waals surface area contributed by atoms with Gasteiger partial charge >= 0.3 is 0 Å². The summed E-state index contributed by atoms with van der Waals surface area (Å²) in [5.74, 6) is 0.197. The first-order valence-electron chi connectivity index (χ1n) is 5.61. The summed E-state index contributed by atoms with van der Waals surface area (Å²) in [5, 5.41) is 9.20. The molecule has 1 aliphatic rings. The van der Waals surface area contributed by atoms with Gasteiger partial charge in [-0.3, -0.25) is 0 Å². The number of aliphatic hydroxyl groups is 1. The number of benzene rings is 1. The average Bonchev–Trinajstić information content (AvgIpc) is 3.11.